The standard InChI is InChI=1S/C14H14F2N6S/c15-14(16)2-4-22(5-3-14)12-10-11(18-8-17-10)20-13(21-12)19-9-1-6-23-7-9/h1,6-8H,2-5H2,(H2,17,18,19,20,21). The predicted octanol–water partition coefficient (Wildman–Crippen LogP) is 3.39. The van der Waals surface area contributed by atoms with Gasteiger partial charge in [0.15, 0.2) is 11.5 Å². The molecule has 3 aromatic rings. The summed E-state index contributed by atoms with van der Waals surface area (Å²) in [7, 11) is 0. The first-order valence-electron chi connectivity index (χ1n) is 7.24. The highest BCUT2D eigenvalue weighted by Crippen LogP contribution is 2.32. The van der Waals surface area contributed by atoms with Gasteiger partial charge in [-0.05, 0) is 11.4 Å². The molecule has 0 radical (unpaired) electrons. The molecule has 9 heteroatoms. The summed E-state index contributed by atoms with van der Waals surface area (Å²) in [5, 5.41) is 7.01. The molecule has 0 aliphatic carbocycles. The van der Waals surface area contributed by atoms with Crippen LogP contribution in [-0.2, 0) is 0 Å². The first-order valence-corrected chi connectivity index (χ1v) is 8.18. The van der Waals surface area contributed by atoms with Crippen LogP contribution in [0.4, 0.5) is 26.2 Å². The number of aromatic amines is 1. The fraction of sp³-hybridized carbons (Fsp3) is 0.357. The number of aromatic nitrogens is 4. The van der Waals surface area contributed by atoms with Gasteiger partial charge in [0.05, 0.1) is 12.0 Å². The Morgan fingerprint density at radius 1 is 1.26 bits per heavy atom. The molecule has 4 heterocycles. The average molecular weight is 336 g/mol. The van der Waals surface area contributed by atoms with E-state index in [0.29, 0.717) is 22.9 Å². The quantitative estimate of drug-likeness (QED) is 0.767. The fourth-order valence-corrected chi connectivity index (χ4v) is 3.20. The molecule has 3 aromatic heterocycles. The number of imidazole rings is 1. The van der Waals surface area contributed by atoms with Gasteiger partial charge in [-0.3, -0.25) is 0 Å². The highest BCUT2D eigenvalue weighted by atomic mass is 32.1. The van der Waals surface area contributed by atoms with Crippen LogP contribution in [0.1, 0.15) is 12.8 Å². The Morgan fingerprint density at radius 2 is 2.09 bits per heavy atom. The molecule has 0 spiro atoms. The first kappa shape index (κ1) is 14.3. The third-order valence-electron chi connectivity index (χ3n) is 3.84. The molecular formula is C14H14F2N6S. The minimum absolute atomic E-state index is 0.167. The van der Waals surface area contributed by atoms with E-state index in [9.17, 15) is 8.78 Å². The number of nitrogens with zero attached hydrogens (tertiary/aromatic N) is 4. The van der Waals surface area contributed by atoms with Crippen LogP contribution in [0.2, 0.25) is 0 Å². The monoisotopic (exact) mass is 336 g/mol. The van der Waals surface area contributed by atoms with E-state index < -0.39 is 5.92 Å². The van der Waals surface area contributed by atoms with Crippen LogP contribution in [0, 0.1) is 0 Å². The molecule has 0 amide bonds. The van der Waals surface area contributed by atoms with Crippen LogP contribution in [0.5, 0.6) is 0 Å². The molecule has 2 N–H and O–H groups in total. The fourth-order valence-electron chi connectivity index (χ4n) is 2.61. The number of halogens is 2. The normalized spacial score (nSPS) is 17.6. The van der Waals surface area contributed by atoms with E-state index in [-0.39, 0.29) is 25.9 Å². The lowest BCUT2D eigenvalue weighted by Gasteiger charge is -2.32. The topological polar surface area (TPSA) is 69.7 Å². The predicted molar refractivity (Wildman–Crippen MR) is 85.7 cm³/mol. The maximum Gasteiger partial charge on any atom is 0.251 e. The number of anilines is 3. The maximum atomic E-state index is 13.4. The van der Waals surface area contributed by atoms with Crippen molar-refractivity contribution in [1.29, 1.82) is 0 Å². The number of rotatable bonds is 3. The van der Waals surface area contributed by atoms with Crippen molar-refractivity contribution in [3.05, 3.63) is 23.2 Å². The van der Waals surface area contributed by atoms with E-state index >= 15 is 0 Å². The zero-order valence-electron chi connectivity index (χ0n) is 12.1. The van der Waals surface area contributed by atoms with E-state index in [1.165, 1.54) is 6.33 Å². The minimum Gasteiger partial charge on any atom is -0.354 e. The number of nitrogens with one attached hydrogen (secondary N) is 2. The average Bonchev–Trinajstić information content (AvgIpc) is 3.18. The van der Waals surface area contributed by atoms with Crippen molar-refractivity contribution in [3.63, 3.8) is 0 Å². The molecule has 0 bridgehead atoms. The summed E-state index contributed by atoms with van der Waals surface area (Å²) in [6, 6.07) is 1.92. The van der Waals surface area contributed by atoms with E-state index in [4.69, 9.17) is 0 Å². The van der Waals surface area contributed by atoms with Crippen LogP contribution in [0.25, 0.3) is 11.2 Å². The number of piperidine rings is 1. The number of hydrogen-bond acceptors (Lipinski definition) is 6. The second-order valence-electron chi connectivity index (χ2n) is 5.45. The zero-order chi connectivity index (χ0) is 15.9. The number of H-pyrrole nitrogens is 1. The van der Waals surface area contributed by atoms with Gasteiger partial charge < -0.3 is 15.2 Å². The maximum absolute atomic E-state index is 13.4. The summed E-state index contributed by atoms with van der Waals surface area (Å²) in [4.78, 5) is 17.9. The van der Waals surface area contributed by atoms with Gasteiger partial charge in [-0.15, -0.1) is 0 Å². The third-order valence-corrected chi connectivity index (χ3v) is 4.52. The van der Waals surface area contributed by atoms with Crippen LogP contribution in [0.15, 0.2) is 23.2 Å². The van der Waals surface area contributed by atoms with Crippen molar-refractivity contribution in [3.8, 4) is 0 Å². The van der Waals surface area contributed by atoms with Gasteiger partial charge >= 0.3 is 0 Å². The molecule has 23 heavy (non-hydrogen) atoms. The summed E-state index contributed by atoms with van der Waals surface area (Å²) in [5.41, 5.74) is 2.08. The second kappa shape index (κ2) is 5.41. The van der Waals surface area contributed by atoms with Crippen molar-refractivity contribution in [2.75, 3.05) is 23.3 Å². The Kier molecular flexibility index (Phi) is 3.37. The third kappa shape index (κ3) is 2.83. The highest BCUT2D eigenvalue weighted by molar-refractivity contribution is 7.08. The lowest BCUT2D eigenvalue weighted by Crippen LogP contribution is -2.40. The van der Waals surface area contributed by atoms with Crippen LogP contribution in [0.3, 0.4) is 0 Å². The van der Waals surface area contributed by atoms with Crippen LogP contribution >= 0.6 is 11.3 Å². The molecule has 6 nitrogen and oxygen atoms in total. The number of fused-ring (bicyclic) bond motifs is 1. The molecular weight excluding hydrogens is 322 g/mol. The van der Waals surface area contributed by atoms with Gasteiger partial charge in [0.25, 0.3) is 5.92 Å². The van der Waals surface area contributed by atoms with E-state index in [1.807, 2.05) is 21.7 Å². The Balaban J connectivity index is 1.69. The molecule has 1 aliphatic heterocycles. The van der Waals surface area contributed by atoms with Gasteiger partial charge in [0.1, 0.15) is 5.52 Å². The molecule has 0 saturated carbocycles. The first-order chi connectivity index (χ1) is 11.1. The minimum atomic E-state index is -2.59. The lowest BCUT2D eigenvalue weighted by molar-refractivity contribution is -0.0221. The van der Waals surface area contributed by atoms with Gasteiger partial charge in [-0.2, -0.15) is 21.3 Å². The number of hydrogen-bond donors (Lipinski definition) is 2. The Hall–Kier alpha value is -2.29. The molecule has 0 atom stereocenters. The lowest BCUT2D eigenvalue weighted by atomic mass is 10.1. The molecule has 1 saturated heterocycles. The highest BCUT2D eigenvalue weighted by Gasteiger charge is 2.35. The van der Waals surface area contributed by atoms with Gasteiger partial charge in [-0.25, -0.2) is 13.8 Å². The van der Waals surface area contributed by atoms with Crippen molar-refractivity contribution in [1.82, 2.24) is 19.9 Å². The summed E-state index contributed by atoms with van der Waals surface area (Å²) in [5.74, 6) is -1.56. The smallest absolute Gasteiger partial charge is 0.251 e. The van der Waals surface area contributed by atoms with E-state index in [0.717, 1.165) is 5.69 Å². The van der Waals surface area contributed by atoms with E-state index in [2.05, 4.69) is 25.3 Å². The van der Waals surface area contributed by atoms with Crippen molar-refractivity contribution < 1.29 is 8.78 Å². The molecule has 1 aliphatic rings. The van der Waals surface area contributed by atoms with Gasteiger partial charge in [-0.1, -0.05) is 0 Å². The SMILES string of the molecule is FC1(F)CCN(c2nc(Nc3ccsc3)nc3nc[nH]c23)CC1. The molecule has 0 unspecified atom stereocenters. The van der Waals surface area contributed by atoms with Crippen molar-refractivity contribution >= 4 is 40.0 Å². The summed E-state index contributed by atoms with van der Waals surface area (Å²) >= 11 is 1.56. The number of alkyl halides is 2. The van der Waals surface area contributed by atoms with Crippen LogP contribution < -0.4 is 10.2 Å². The largest absolute Gasteiger partial charge is 0.354 e. The molecule has 1 fully saturated rings. The number of thiophene rings is 1. The van der Waals surface area contributed by atoms with Gasteiger partial charge in [0, 0.05) is 31.3 Å². The summed E-state index contributed by atoms with van der Waals surface area (Å²) in [6.07, 6.45) is 1.20. The Bertz CT molecular complexity index is 806. The van der Waals surface area contributed by atoms with Crippen molar-refractivity contribution in [2.24, 2.45) is 0 Å². The zero-order valence-corrected chi connectivity index (χ0v) is 12.9. The Morgan fingerprint density at radius 3 is 2.83 bits per heavy atom. The second-order valence-corrected chi connectivity index (χ2v) is 6.23. The van der Waals surface area contributed by atoms with Crippen LogP contribution in [-0.4, -0.2) is 38.9 Å². The Labute approximate surface area is 134 Å². The van der Waals surface area contributed by atoms with Crippen molar-refractivity contribution in [2.45, 2.75) is 18.8 Å². The summed E-state index contributed by atoms with van der Waals surface area (Å²) < 4.78 is 26.8. The van der Waals surface area contributed by atoms with E-state index in [1.54, 1.807) is 11.3 Å². The molecule has 0 aromatic carbocycles. The molecule has 4 rings (SSSR count). The molecule has 120 valence electrons. The van der Waals surface area contributed by atoms with Gasteiger partial charge in [0.2, 0.25) is 5.95 Å². The summed E-state index contributed by atoms with van der Waals surface area (Å²) in [6.45, 7) is 0.520.